The number of carboxylic acids is 1. The number of carbonyl (C=O) groups excluding carboxylic acids is 1. The zero-order valence-electron chi connectivity index (χ0n) is 8.32. The molecule has 0 aromatic rings. The first-order valence-electron chi connectivity index (χ1n) is 4.36. The maximum atomic E-state index is 11.2. The normalized spacial score (nSPS) is 14.5. The van der Waals surface area contributed by atoms with E-state index in [1.807, 2.05) is 6.92 Å². The molecule has 4 N–H and O–H groups in total. The summed E-state index contributed by atoms with van der Waals surface area (Å²) in [5, 5.41) is 10.9. The summed E-state index contributed by atoms with van der Waals surface area (Å²) in [6.07, 6.45) is 0. The average Bonchev–Trinajstić information content (AvgIpc) is 2.13. The summed E-state index contributed by atoms with van der Waals surface area (Å²) < 4.78 is 0. The number of aliphatic carboxylic acids is 1. The van der Waals surface area contributed by atoms with E-state index in [-0.39, 0.29) is 16.9 Å². The number of nitrogens with one attached hydrogen (secondary N) is 1. The molecule has 0 bridgehead atoms. The molecule has 82 valence electrons. The lowest BCUT2D eigenvalue weighted by Crippen LogP contribution is -2.36. The zero-order chi connectivity index (χ0) is 11.1. The van der Waals surface area contributed by atoms with Gasteiger partial charge < -0.3 is 16.2 Å². The lowest BCUT2D eigenvalue weighted by molar-refractivity contribution is -0.138. The Hall–Kier alpha value is -0.750. The molecule has 5 nitrogen and oxygen atoms in total. The van der Waals surface area contributed by atoms with Crippen molar-refractivity contribution in [2.24, 2.45) is 5.73 Å². The molecule has 2 unspecified atom stereocenters. The standard InChI is InChI=1S/C8H16N2O3S/c1-3-10-7(11)5(2)14-4-6(9)8(12)13/h5-6H,3-4,9H2,1-2H3,(H,10,11)(H,12,13). The number of thioether (sulfide) groups is 1. The smallest absolute Gasteiger partial charge is 0.321 e. The molecule has 0 heterocycles. The number of carbonyl (C=O) groups is 2. The minimum atomic E-state index is -1.04. The average molecular weight is 220 g/mol. The minimum Gasteiger partial charge on any atom is -0.480 e. The molecule has 2 atom stereocenters. The molecule has 0 aliphatic carbocycles. The van der Waals surface area contributed by atoms with Crippen LogP contribution in [0.25, 0.3) is 0 Å². The van der Waals surface area contributed by atoms with Gasteiger partial charge in [-0.05, 0) is 13.8 Å². The van der Waals surface area contributed by atoms with Gasteiger partial charge in [-0.3, -0.25) is 9.59 Å². The summed E-state index contributed by atoms with van der Waals surface area (Å²) in [6.45, 7) is 4.14. The SMILES string of the molecule is CCNC(=O)C(C)SCC(N)C(=O)O. The summed E-state index contributed by atoms with van der Waals surface area (Å²) in [4.78, 5) is 21.6. The van der Waals surface area contributed by atoms with E-state index in [1.54, 1.807) is 6.92 Å². The van der Waals surface area contributed by atoms with Gasteiger partial charge in [0.15, 0.2) is 0 Å². The van der Waals surface area contributed by atoms with Crippen molar-refractivity contribution in [3.05, 3.63) is 0 Å². The number of nitrogens with two attached hydrogens (primary N) is 1. The molecular weight excluding hydrogens is 204 g/mol. The molecule has 0 aromatic heterocycles. The van der Waals surface area contributed by atoms with Crippen LogP contribution in [0.2, 0.25) is 0 Å². The van der Waals surface area contributed by atoms with Crippen molar-refractivity contribution >= 4 is 23.6 Å². The number of rotatable bonds is 6. The van der Waals surface area contributed by atoms with Crippen LogP contribution in [-0.2, 0) is 9.59 Å². The monoisotopic (exact) mass is 220 g/mol. The molecule has 14 heavy (non-hydrogen) atoms. The summed E-state index contributed by atoms with van der Waals surface area (Å²) in [6, 6.07) is -0.906. The summed E-state index contributed by atoms with van der Waals surface area (Å²) >= 11 is 1.24. The van der Waals surface area contributed by atoms with Crippen molar-refractivity contribution in [1.29, 1.82) is 0 Å². The van der Waals surface area contributed by atoms with Gasteiger partial charge in [0.25, 0.3) is 0 Å². The zero-order valence-corrected chi connectivity index (χ0v) is 9.13. The third-order valence-corrected chi connectivity index (χ3v) is 2.83. The Morgan fingerprint density at radius 1 is 1.57 bits per heavy atom. The Balaban J connectivity index is 3.78. The van der Waals surface area contributed by atoms with E-state index in [0.717, 1.165) is 0 Å². The Morgan fingerprint density at radius 2 is 2.14 bits per heavy atom. The highest BCUT2D eigenvalue weighted by Crippen LogP contribution is 2.11. The van der Waals surface area contributed by atoms with Crippen LogP contribution in [-0.4, -0.2) is 40.6 Å². The molecule has 1 amide bonds. The summed E-state index contributed by atoms with van der Waals surface area (Å²) in [7, 11) is 0. The van der Waals surface area contributed by atoms with Gasteiger partial charge in [0.2, 0.25) is 5.91 Å². The Labute approximate surface area is 87.4 Å². The molecule has 0 radical (unpaired) electrons. The Bertz CT molecular complexity index is 211. The lowest BCUT2D eigenvalue weighted by atomic mass is 10.4. The first-order chi connectivity index (χ1) is 6.49. The first kappa shape index (κ1) is 13.2. The van der Waals surface area contributed by atoms with Gasteiger partial charge in [-0.25, -0.2) is 0 Å². The molecule has 0 spiro atoms. The summed E-state index contributed by atoms with van der Waals surface area (Å²) in [5.74, 6) is -0.885. The maximum Gasteiger partial charge on any atom is 0.321 e. The fourth-order valence-electron chi connectivity index (χ4n) is 0.713. The van der Waals surface area contributed by atoms with Gasteiger partial charge in [-0.1, -0.05) is 0 Å². The van der Waals surface area contributed by atoms with E-state index >= 15 is 0 Å². The number of hydrogen-bond donors (Lipinski definition) is 3. The van der Waals surface area contributed by atoms with Crippen LogP contribution < -0.4 is 11.1 Å². The van der Waals surface area contributed by atoms with Crippen LogP contribution in [0.15, 0.2) is 0 Å². The van der Waals surface area contributed by atoms with E-state index < -0.39 is 12.0 Å². The van der Waals surface area contributed by atoms with Crippen molar-refractivity contribution in [2.45, 2.75) is 25.1 Å². The van der Waals surface area contributed by atoms with Crippen LogP contribution in [0.1, 0.15) is 13.8 Å². The maximum absolute atomic E-state index is 11.2. The Morgan fingerprint density at radius 3 is 2.57 bits per heavy atom. The van der Waals surface area contributed by atoms with Crippen molar-refractivity contribution < 1.29 is 14.7 Å². The van der Waals surface area contributed by atoms with E-state index in [2.05, 4.69) is 5.32 Å². The number of amides is 1. The molecular formula is C8H16N2O3S. The summed E-state index contributed by atoms with van der Waals surface area (Å²) in [5.41, 5.74) is 5.29. The molecule has 0 aliphatic heterocycles. The highest BCUT2D eigenvalue weighted by Gasteiger charge is 2.17. The van der Waals surface area contributed by atoms with E-state index in [9.17, 15) is 9.59 Å². The van der Waals surface area contributed by atoms with Gasteiger partial charge in [0.1, 0.15) is 6.04 Å². The fraction of sp³-hybridized carbons (Fsp3) is 0.750. The van der Waals surface area contributed by atoms with Gasteiger partial charge >= 0.3 is 5.97 Å². The second-order valence-corrected chi connectivity index (χ2v) is 4.19. The van der Waals surface area contributed by atoms with Crippen LogP contribution in [0.5, 0.6) is 0 Å². The van der Waals surface area contributed by atoms with Crippen molar-refractivity contribution in [3.63, 3.8) is 0 Å². The van der Waals surface area contributed by atoms with Gasteiger partial charge in [-0.15, -0.1) is 11.8 Å². The molecule has 0 rings (SSSR count). The Kier molecular flexibility index (Phi) is 6.31. The predicted octanol–water partition coefficient (Wildman–Crippen LogP) is -0.344. The van der Waals surface area contributed by atoms with Crippen molar-refractivity contribution in [1.82, 2.24) is 5.32 Å². The van der Waals surface area contributed by atoms with Gasteiger partial charge in [-0.2, -0.15) is 0 Å². The predicted molar refractivity (Wildman–Crippen MR) is 56.2 cm³/mol. The first-order valence-corrected chi connectivity index (χ1v) is 5.41. The highest BCUT2D eigenvalue weighted by atomic mass is 32.2. The van der Waals surface area contributed by atoms with E-state index in [0.29, 0.717) is 6.54 Å². The molecule has 6 heteroatoms. The lowest BCUT2D eigenvalue weighted by Gasteiger charge is -2.12. The van der Waals surface area contributed by atoms with Crippen LogP contribution in [0, 0.1) is 0 Å². The second kappa shape index (κ2) is 6.67. The molecule has 0 aliphatic rings. The third-order valence-electron chi connectivity index (χ3n) is 1.56. The molecule has 0 saturated carbocycles. The topological polar surface area (TPSA) is 92.4 Å². The molecule has 0 saturated heterocycles. The number of hydrogen-bond acceptors (Lipinski definition) is 4. The van der Waals surface area contributed by atoms with Crippen molar-refractivity contribution in [3.8, 4) is 0 Å². The molecule has 0 fully saturated rings. The van der Waals surface area contributed by atoms with E-state index in [4.69, 9.17) is 10.8 Å². The highest BCUT2D eigenvalue weighted by molar-refractivity contribution is 8.00. The van der Waals surface area contributed by atoms with Gasteiger partial charge in [0, 0.05) is 12.3 Å². The third kappa shape index (κ3) is 5.08. The largest absolute Gasteiger partial charge is 0.480 e. The fourth-order valence-corrected chi connectivity index (χ4v) is 1.59. The second-order valence-electron chi connectivity index (χ2n) is 2.81. The van der Waals surface area contributed by atoms with Gasteiger partial charge in [0.05, 0.1) is 5.25 Å². The molecule has 0 aromatic carbocycles. The van der Waals surface area contributed by atoms with E-state index in [1.165, 1.54) is 11.8 Å². The minimum absolute atomic E-state index is 0.0879. The quantitative estimate of drug-likeness (QED) is 0.569. The van der Waals surface area contributed by atoms with Crippen LogP contribution >= 0.6 is 11.8 Å². The van der Waals surface area contributed by atoms with Crippen molar-refractivity contribution in [2.75, 3.05) is 12.3 Å². The van der Waals surface area contributed by atoms with Crippen LogP contribution in [0.3, 0.4) is 0 Å². The van der Waals surface area contributed by atoms with Crippen LogP contribution in [0.4, 0.5) is 0 Å². The number of carboxylic acid groups (broad SMARTS) is 1.